The van der Waals surface area contributed by atoms with Crippen LogP contribution in [0, 0.1) is 6.92 Å². The van der Waals surface area contributed by atoms with Gasteiger partial charge in [0.05, 0.1) is 10.0 Å². The van der Waals surface area contributed by atoms with Crippen LogP contribution < -0.4 is 5.63 Å². The van der Waals surface area contributed by atoms with Crippen molar-refractivity contribution < 1.29 is 12.8 Å². The van der Waals surface area contributed by atoms with Crippen LogP contribution in [0.5, 0.6) is 0 Å². The lowest BCUT2D eigenvalue weighted by molar-refractivity contribution is 0.182. The first-order valence-corrected chi connectivity index (χ1v) is 11.7. The second-order valence-electron chi connectivity index (χ2n) is 7.32. The molecule has 1 aliphatic rings. The second kappa shape index (κ2) is 8.32. The van der Waals surface area contributed by atoms with Crippen molar-refractivity contribution in [2.75, 3.05) is 26.2 Å². The first-order valence-electron chi connectivity index (χ1n) is 9.45. The Morgan fingerprint density at radius 1 is 1.03 bits per heavy atom. The van der Waals surface area contributed by atoms with E-state index < -0.39 is 10.0 Å². The Hall–Kier alpha value is -1.90. The van der Waals surface area contributed by atoms with E-state index in [1.54, 1.807) is 12.1 Å². The van der Waals surface area contributed by atoms with Crippen molar-refractivity contribution in [2.45, 2.75) is 18.4 Å². The van der Waals surface area contributed by atoms with Crippen LogP contribution in [0.1, 0.15) is 11.1 Å². The fourth-order valence-electron chi connectivity index (χ4n) is 3.66. The third-order valence-corrected chi connectivity index (χ3v) is 8.12. The molecule has 2 aromatic carbocycles. The summed E-state index contributed by atoms with van der Waals surface area (Å²) in [6.45, 7) is 4.19. The van der Waals surface area contributed by atoms with Crippen molar-refractivity contribution in [3.05, 3.63) is 74.1 Å². The van der Waals surface area contributed by atoms with Gasteiger partial charge in [-0.2, -0.15) is 4.31 Å². The van der Waals surface area contributed by atoms with Gasteiger partial charge in [0.15, 0.2) is 0 Å². The van der Waals surface area contributed by atoms with Crippen LogP contribution in [-0.2, 0) is 16.6 Å². The molecule has 0 aliphatic carbocycles. The average molecular weight is 467 g/mol. The molecule has 1 aromatic heterocycles. The van der Waals surface area contributed by atoms with Crippen LogP contribution in [0.15, 0.2) is 56.6 Å². The van der Waals surface area contributed by atoms with Crippen LogP contribution in [0.2, 0.25) is 10.0 Å². The molecule has 4 rings (SSSR count). The number of hydrogen-bond acceptors (Lipinski definition) is 5. The summed E-state index contributed by atoms with van der Waals surface area (Å²) < 4.78 is 32.7. The molecule has 0 saturated carbocycles. The number of sulfonamides is 1. The van der Waals surface area contributed by atoms with Crippen molar-refractivity contribution in [2.24, 2.45) is 0 Å². The number of rotatable bonds is 4. The standard InChI is InChI=1S/C21H20Cl2N2O4S/c1-14-5-6-16-15(12-20(26)29-18(16)11-14)13-24-7-9-25(10-8-24)30(27,28)19-4-2-3-17(22)21(19)23/h2-6,11-12H,7-10,13H2,1H3. The highest BCUT2D eigenvalue weighted by Crippen LogP contribution is 2.31. The molecule has 0 amide bonds. The molecule has 0 radical (unpaired) electrons. The molecule has 0 bridgehead atoms. The minimum Gasteiger partial charge on any atom is -0.423 e. The molecule has 0 N–H and O–H groups in total. The van der Waals surface area contributed by atoms with Crippen molar-refractivity contribution >= 4 is 44.2 Å². The van der Waals surface area contributed by atoms with E-state index in [2.05, 4.69) is 4.90 Å². The fourth-order valence-corrected chi connectivity index (χ4v) is 5.82. The molecule has 3 aromatic rings. The van der Waals surface area contributed by atoms with Gasteiger partial charge in [-0.25, -0.2) is 13.2 Å². The van der Waals surface area contributed by atoms with Gasteiger partial charge in [-0.1, -0.05) is 41.4 Å². The zero-order valence-electron chi connectivity index (χ0n) is 16.3. The van der Waals surface area contributed by atoms with Gasteiger partial charge in [0.1, 0.15) is 10.5 Å². The molecular weight excluding hydrogens is 447 g/mol. The number of nitrogens with zero attached hydrogens (tertiary/aromatic N) is 2. The van der Waals surface area contributed by atoms with E-state index in [9.17, 15) is 13.2 Å². The SMILES string of the molecule is Cc1ccc2c(CN3CCN(S(=O)(=O)c4cccc(Cl)c4Cl)CC3)cc(=O)oc2c1. The van der Waals surface area contributed by atoms with Gasteiger partial charge < -0.3 is 4.42 Å². The highest BCUT2D eigenvalue weighted by atomic mass is 35.5. The Morgan fingerprint density at radius 3 is 2.50 bits per heavy atom. The lowest BCUT2D eigenvalue weighted by atomic mass is 10.1. The van der Waals surface area contributed by atoms with E-state index >= 15 is 0 Å². The van der Waals surface area contributed by atoms with E-state index in [1.807, 2.05) is 25.1 Å². The van der Waals surface area contributed by atoms with Crippen LogP contribution in [0.4, 0.5) is 0 Å². The molecule has 6 nitrogen and oxygen atoms in total. The first kappa shape index (κ1) is 21.3. The quantitative estimate of drug-likeness (QED) is 0.545. The average Bonchev–Trinajstić information content (AvgIpc) is 2.70. The minimum absolute atomic E-state index is 0.0205. The summed E-state index contributed by atoms with van der Waals surface area (Å²) in [7, 11) is -3.73. The van der Waals surface area contributed by atoms with Crippen molar-refractivity contribution in [3.8, 4) is 0 Å². The van der Waals surface area contributed by atoms with Gasteiger partial charge in [-0.3, -0.25) is 4.90 Å². The number of fused-ring (bicyclic) bond motifs is 1. The zero-order valence-corrected chi connectivity index (χ0v) is 18.6. The Bertz CT molecular complexity index is 1270. The van der Waals surface area contributed by atoms with Gasteiger partial charge in [0.25, 0.3) is 0 Å². The van der Waals surface area contributed by atoms with E-state index in [4.69, 9.17) is 27.6 Å². The van der Waals surface area contributed by atoms with Gasteiger partial charge in [-0.15, -0.1) is 0 Å². The molecule has 1 saturated heterocycles. The first-order chi connectivity index (χ1) is 14.3. The Kier molecular flexibility index (Phi) is 5.92. The maximum Gasteiger partial charge on any atom is 0.336 e. The van der Waals surface area contributed by atoms with E-state index in [0.717, 1.165) is 16.5 Å². The molecule has 0 atom stereocenters. The maximum absolute atomic E-state index is 13.0. The number of hydrogen-bond donors (Lipinski definition) is 0. The third kappa shape index (κ3) is 4.13. The van der Waals surface area contributed by atoms with Crippen molar-refractivity contribution in [3.63, 3.8) is 0 Å². The number of piperazine rings is 1. The molecule has 1 fully saturated rings. The highest BCUT2D eigenvalue weighted by Gasteiger charge is 2.30. The molecule has 9 heteroatoms. The van der Waals surface area contributed by atoms with Crippen LogP contribution in [0.3, 0.4) is 0 Å². The van der Waals surface area contributed by atoms with Crippen LogP contribution in [-0.4, -0.2) is 43.8 Å². The van der Waals surface area contributed by atoms with E-state index in [-0.39, 0.29) is 20.6 Å². The van der Waals surface area contributed by atoms with Gasteiger partial charge in [-0.05, 0) is 36.2 Å². The number of halogens is 2. The summed E-state index contributed by atoms with van der Waals surface area (Å²) in [5, 5.41) is 1.14. The minimum atomic E-state index is -3.73. The monoisotopic (exact) mass is 466 g/mol. The van der Waals surface area contributed by atoms with Gasteiger partial charge >= 0.3 is 5.63 Å². The highest BCUT2D eigenvalue weighted by molar-refractivity contribution is 7.89. The molecule has 30 heavy (non-hydrogen) atoms. The van der Waals surface area contributed by atoms with Crippen LogP contribution in [0.25, 0.3) is 11.0 Å². The molecule has 158 valence electrons. The summed E-state index contributed by atoms with van der Waals surface area (Å²) in [4.78, 5) is 14.1. The number of aryl methyl sites for hydroxylation is 1. The molecule has 0 unspecified atom stereocenters. The molecule has 1 aliphatic heterocycles. The summed E-state index contributed by atoms with van der Waals surface area (Å²) in [5.74, 6) is 0. The predicted octanol–water partition coefficient (Wildman–Crippen LogP) is 3.91. The largest absolute Gasteiger partial charge is 0.423 e. The fraction of sp³-hybridized carbons (Fsp3) is 0.286. The molecule has 0 spiro atoms. The topological polar surface area (TPSA) is 70.8 Å². The second-order valence-corrected chi connectivity index (χ2v) is 10.0. The molecular formula is C21H20Cl2N2O4S. The number of benzene rings is 2. The van der Waals surface area contributed by atoms with E-state index in [1.165, 1.54) is 16.4 Å². The zero-order chi connectivity index (χ0) is 21.5. The normalized spacial score (nSPS) is 16.2. The van der Waals surface area contributed by atoms with Crippen LogP contribution >= 0.6 is 23.2 Å². The molecule has 2 heterocycles. The lowest BCUT2D eigenvalue weighted by Gasteiger charge is -2.34. The Labute approximate surface area is 184 Å². The summed E-state index contributed by atoms with van der Waals surface area (Å²) in [6, 6.07) is 11.9. The smallest absolute Gasteiger partial charge is 0.336 e. The third-order valence-electron chi connectivity index (χ3n) is 5.24. The van der Waals surface area contributed by atoms with Gasteiger partial charge in [0.2, 0.25) is 10.0 Å². The summed E-state index contributed by atoms with van der Waals surface area (Å²) in [6.07, 6.45) is 0. The Balaban J connectivity index is 1.51. The summed E-state index contributed by atoms with van der Waals surface area (Å²) in [5.41, 5.74) is 2.06. The van der Waals surface area contributed by atoms with E-state index in [0.29, 0.717) is 38.3 Å². The lowest BCUT2D eigenvalue weighted by Crippen LogP contribution is -2.48. The predicted molar refractivity (Wildman–Crippen MR) is 118 cm³/mol. The Morgan fingerprint density at radius 2 is 1.77 bits per heavy atom. The van der Waals surface area contributed by atoms with Crippen molar-refractivity contribution in [1.82, 2.24) is 9.21 Å². The van der Waals surface area contributed by atoms with Gasteiger partial charge in [0, 0.05) is 44.2 Å². The van der Waals surface area contributed by atoms with Crippen molar-refractivity contribution in [1.29, 1.82) is 0 Å². The summed E-state index contributed by atoms with van der Waals surface area (Å²) >= 11 is 12.1. The maximum atomic E-state index is 13.0.